The van der Waals surface area contributed by atoms with Crippen molar-refractivity contribution in [1.29, 1.82) is 0 Å². The second-order valence-corrected chi connectivity index (χ2v) is 8.11. The van der Waals surface area contributed by atoms with Gasteiger partial charge >= 0.3 is 0 Å². The largest absolute Gasteiger partial charge is 0.381 e. The SMILES string of the molecule is CCCCCCCC1CCCC(C2CCC(OC)CC2)CC1. The summed E-state index contributed by atoms with van der Waals surface area (Å²) in [6, 6.07) is 0. The van der Waals surface area contributed by atoms with Gasteiger partial charge in [0.25, 0.3) is 0 Å². The van der Waals surface area contributed by atoms with Crippen LogP contribution in [-0.4, -0.2) is 13.2 Å². The summed E-state index contributed by atoms with van der Waals surface area (Å²) >= 11 is 0. The van der Waals surface area contributed by atoms with Gasteiger partial charge < -0.3 is 4.74 Å². The molecular weight excluding hydrogens is 268 g/mol. The molecule has 2 rings (SSSR count). The summed E-state index contributed by atoms with van der Waals surface area (Å²) in [6.07, 6.45) is 22.5. The molecule has 130 valence electrons. The van der Waals surface area contributed by atoms with E-state index in [9.17, 15) is 0 Å². The molecule has 0 spiro atoms. The summed E-state index contributed by atoms with van der Waals surface area (Å²) in [5.41, 5.74) is 0. The molecule has 0 amide bonds. The van der Waals surface area contributed by atoms with Gasteiger partial charge in [0.2, 0.25) is 0 Å². The quantitative estimate of drug-likeness (QED) is 0.356. The molecule has 0 saturated heterocycles. The zero-order valence-corrected chi connectivity index (χ0v) is 15.3. The molecule has 2 unspecified atom stereocenters. The average Bonchev–Trinajstić information content (AvgIpc) is 2.80. The lowest BCUT2D eigenvalue weighted by molar-refractivity contribution is 0.0444. The molecule has 1 nitrogen and oxygen atoms in total. The molecule has 0 bridgehead atoms. The van der Waals surface area contributed by atoms with Crippen LogP contribution < -0.4 is 0 Å². The van der Waals surface area contributed by atoms with Gasteiger partial charge in [0, 0.05) is 7.11 Å². The van der Waals surface area contributed by atoms with Crippen LogP contribution in [0.5, 0.6) is 0 Å². The van der Waals surface area contributed by atoms with Crippen LogP contribution in [0, 0.1) is 17.8 Å². The highest BCUT2D eigenvalue weighted by Gasteiger charge is 2.29. The topological polar surface area (TPSA) is 9.23 Å². The number of hydrogen-bond acceptors (Lipinski definition) is 1. The molecule has 2 aliphatic rings. The highest BCUT2D eigenvalue weighted by atomic mass is 16.5. The summed E-state index contributed by atoms with van der Waals surface area (Å²) in [7, 11) is 1.89. The van der Waals surface area contributed by atoms with Crippen LogP contribution in [0.3, 0.4) is 0 Å². The van der Waals surface area contributed by atoms with Crippen molar-refractivity contribution in [1.82, 2.24) is 0 Å². The van der Waals surface area contributed by atoms with Crippen molar-refractivity contribution >= 4 is 0 Å². The first-order chi connectivity index (χ1) is 10.8. The second kappa shape index (κ2) is 10.7. The van der Waals surface area contributed by atoms with E-state index in [1.165, 1.54) is 96.3 Å². The van der Waals surface area contributed by atoms with Gasteiger partial charge in [-0.1, -0.05) is 71.1 Å². The van der Waals surface area contributed by atoms with Crippen molar-refractivity contribution < 1.29 is 4.74 Å². The monoisotopic (exact) mass is 308 g/mol. The number of rotatable bonds is 8. The van der Waals surface area contributed by atoms with Crippen molar-refractivity contribution in [2.24, 2.45) is 17.8 Å². The molecule has 0 N–H and O–H groups in total. The van der Waals surface area contributed by atoms with Crippen LogP contribution in [0.2, 0.25) is 0 Å². The third-order valence-electron chi connectivity index (χ3n) is 6.57. The first-order valence-corrected chi connectivity index (χ1v) is 10.4. The van der Waals surface area contributed by atoms with E-state index in [-0.39, 0.29) is 0 Å². The summed E-state index contributed by atoms with van der Waals surface area (Å²) in [6.45, 7) is 2.31. The Morgan fingerprint density at radius 1 is 0.727 bits per heavy atom. The van der Waals surface area contributed by atoms with E-state index < -0.39 is 0 Å². The van der Waals surface area contributed by atoms with Gasteiger partial charge in [0.05, 0.1) is 6.10 Å². The molecule has 2 fully saturated rings. The molecule has 2 atom stereocenters. The maximum absolute atomic E-state index is 5.54. The Hall–Kier alpha value is -0.0400. The first-order valence-electron chi connectivity index (χ1n) is 10.4. The van der Waals surface area contributed by atoms with Crippen molar-refractivity contribution in [2.45, 2.75) is 109 Å². The maximum Gasteiger partial charge on any atom is 0.0571 e. The van der Waals surface area contributed by atoms with Crippen LogP contribution in [0.1, 0.15) is 103 Å². The fourth-order valence-electron chi connectivity index (χ4n) is 5.00. The minimum atomic E-state index is 0.567. The zero-order chi connectivity index (χ0) is 15.6. The predicted molar refractivity (Wildman–Crippen MR) is 96.2 cm³/mol. The van der Waals surface area contributed by atoms with Gasteiger partial charge in [-0.2, -0.15) is 0 Å². The molecule has 0 aliphatic heterocycles. The van der Waals surface area contributed by atoms with E-state index in [0.717, 1.165) is 17.8 Å². The summed E-state index contributed by atoms with van der Waals surface area (Å²) in [5.74, 6) is 3.12. The van der Waals surface area contributed by atoms with Gasteiger partial charge in [-0.15, -0.1) is 0 Å². The van der Waals surface area contributed by atoms with Crippen molar-refractivity contribution in [2.75, 3.05) is 7.11 Å². The average molecular weight is 309 g/mol. The smallest absolute Gasteiger partial charge is 0.0571 e. The van der Waals surface area contributed by atoms with E-state index in [0.29, 0.717) is 6.10 Å². The summed E-state index contributed by atoms with van der Waals surface area (Å²) in [4.78, 5) is 0. The van der Waals surface area contributed by atoms with Crippen LogP contribution in [0.25, 0.3) is 0 Å². The molecule has 1 heteroatoms. The van der Waals surface area contributed by atoms with Crippen LogP contribution in [-0.2, 0) is 4.74 Å². The number of ether oxygens (including phenoxy) is 1. The maximum atomic E-state index is 5.54. The van der Waals surface area contributed by atoms with Crippen molar-refractivity contribution in [3.05, 3.63) is 0 Å². The van der Waals surface area contributed by atoms with Crippen LogP contribution in [0.4, 0.5) is 0 Å². The lowest BCUT2D eigenvalue weighted by Gasteiger charge is -2.33. The Kier molecular flexibility index (Phi) is 8.89. The molecule has 0 aromatic rings. The van der Waals surface area contributed by atoms with Crippen LogP contribution in [0.15, 0.2) is 0 Å². The zero-order valence-electron chi connectivity index (χ0n) is 15.3. The summed E-state index contributed by atoms with van der Waals surface area (Å²) < 4.78 is 5.54. The second-order valence-electron chi connectivity index (χ2n) is 8.11. The first kappa shape index (κ1) is 18.3. The van der Waals surface area contributed by atoms with E-state index in [1.54, 1.807) is 0 Å². The van der Waals surface area contributed by atoms with Gasteiger partial charge in [0.15, 0.2) is 0 Å². The Morgan fingerprint density at radius 3 is 2.14 bits per heavy atom. The van der Waals surface area contributed by atoms with Gasteiger partial charge in [0.1, 0.15) is 0 Å². The lowest BCUT2D eigenvalue weighted by atomic mass is 9.76. The number of unbranched alkanes of at least 4 members (excludes halogenated alkanes) is 4. The Morgan fingerprint density at radius 2 is 1.41 bits per heavy atom. The van der Waals surface area contributed by atoms with Crippen molar-refractivity contribution in [3.8, 4) is 0 Å². The molecule has 0 radical (unpaired) electrons. The van der Waals surface area contributed by atoms with E-state index in [2.05, 4.69) is 6.92 Å². The van der Waals surface area contributed by atoms with E-state index >= 15 is 0 Å². The fourth-order valence-corrected chi connectivity index (χ4v) is 5.00. The standard InChI is InChI=1S/C21H40O/c1-3-4-5-6-7-9-18-10-8-11-19(13-12-18)20-14-16-21(22-2)17-15-20/h18-21H,3-17H2,1-2H3. The molecule has 0 aromatic heterocycles. The minimum Gasteiger partial charge on any atom is -0.381 e. The number of methoxy groups -OCH3 is 1. The van der Waals surface area contributed by atoms with E-state index in [1.807, 2.05) is 7.11 Å². The minimum absolute atomic E-state index is 0.567. The molecular formula is C21H40O. The third kappa shape index (κ3) is 6.22. The molecule has 0 heterocycles. The molecule has 2 saturated carbocycles. The third-order valence-corrected chi connectivity index (χ3v) is 6.57. The lowest BCUT2D eigenvalue weighted by Crippen LogP contribution is -2.25. The number of hydrogen-bond donors (Lipinski definition) is 0. The predicted octanol–water partition coefficient (Wildman–Crippen LogP) is 6.75. The van der Waals surface area contributed by atoms with E-state index in [4.69, 9.17) is 4.74 Å². The molecule has 22 heavy (non-hydrogen) atoms. The van der Waals surface area contributed by atoms with Gasteiger partial charge in [-0.25, -0.2) is 0 Å². The molecule has 0 aromatic carbocycles. The van der Waals surface area contributed by atoms with Crippen LogP contribution >= 0.6 is 0 Å². The van der Waals surface area contributed by atoms with Crippen molar-refractivity contribution in [3.63, 3.8) is 0 Å². The Labute approximate surface area is 139 Å². The normalized spacial score (nSPS) is 33.5. The summed E-state index contributed by atoms with van der Waals surface area (Å²) in [5, 5.41) is 0. The molecule has 2 aliphatic carbocycles. The Bertz CT molecular complexity index is 267. The van der Waals surface area contributed by atoms with Gasteiger partial charge in [-0.05, 0) is 49.9 Å². The Balaban J connectivity index is 1.62. The van der Waals surface area contributed by atoms with Gasteiger partial charge in [-0.3, -0.25) is 0 Å². The fraction of sp³-hybridized carbons (Fsp3) is 1.00. The highest BCUT2D eigenvalue weighted by molar-refractivity contribution is 4.81. The highest BCUT2D eigenvalue weighted by Crippen LogP contribution is 2.40.